The highest BCUT2D eigenvalue weighted by Gasteiger charge is 2.02. The maximum Gasteiger partial charge on any atom is 0.252 e. The van der Waals surface area contributed by atoms with Crippen molar-refractivity contribution in [2.24, 2.45) is 10.7 Å². The van der Waals surface area contributed by atoms with E-state index in [1.807, 2.05) is 31.2 Å². The molecule has 0 unspecified atom stereocenters. The Hall–Kier alpha value is -2.67. The van der Waals surface area contributed by atoms with E-state index in [1.165, 1.54) is 13.2 Å². The highest BCUT2D eigenvalue weighted by Crippen LogP contribution is 2.09. The summed E-state index contributed by atoms with van der Waals surface area (Å²) in [6.45, 7) is 2.23. The van der Waals surface area contributed by atoms with E-state index in [-0.39, 0.29) is 24.1 Å². The number of anilines is 1. The van der Waals surface area contributed by atoms with Gasteiger partial charge in [-0.3, -0.25) is 9.78 Å². The number of hydrogen-bond donors (Lipinski definition) is 3. The van der Waals surface area contributed by atoms with Crippen molar-refractivity contribution in [2.45, 2.75) is 13.5 Å². The number of nitrogens with two attached hydrogens (primary N) is 1. The van der Waals surface area contributed by atoms with E-state index < -0.39 is 0 Å². The van der Waals surface area contributed by atoms with Gasteiger partial charge in [-0.25, -0.2) is 4.98 Å². The molecule has 0 atom stereocenters. The number of ether oxygens (including phenoxy) is 1. The van der Waals surface area contributed by atoms with E-state index in [0.29, 0.717) is 5.69 Å². The molecule has 0 aliphatic heterocycles. The van der Waals surface area contributed by atoms with E-state index in [0.717, 1.165) is 11.3 Å². The molecule has 1 aromatic heterocycles. The number of rotatable bonds is 4. The van der Waals surface area contributed by atoms with Crippen LogP contribution in [0.25, 0.3) is 0 Å². The van der Waals surface area contributed by atoms with Crippen molar-refractivity contribution >= 4 is 17.6 Å². The molecule has 2 aromatic rings. The van der Waals surface area contributed by atoms with E-state index in [9.17, 15) is 4.79 Å². The Kier molecular flexibility index (Phi) is 4.68. The quantitative estimate of drug-likeness (QED) is 0.580. The van der Waals surface area contributed by atoms with Gasteiger partial charge in [-0.2, -0.15) is 4.99 Å². The maximum absolute atomic E-state index is 11.5. The number of aliphatic imine (C=N–C) groups is 1. The van der Waals surface area contributed by atoms with Crippen LogP contribution in [0.15, 0.2) is 40.1 Å². The first kappa shape index (κ1) is 14.7. The lowest BCUT2D eigenvalue weighted by molar-refractivity contribution is 0.181. The Bertz CT molecular complexity index is 691. The summed E-state index contributed by atoms with van der Waals surface area (Å²) >= 11 is 0. The minimum Gasteiger partial charge on any atom is -0.378 e. The van der Waals surface area contributed by atoms with Crippen molar-refractivity contribution in [1.29, 1.82) is 0 Å². The SMILES string of the molecule is COCc1cc(=O)[nH]c(/N=C(\N)Nc2ccc(C)cc2)n1. The molecule has 1 heterocycles. The van der Waals surface area contributed by atoms with Gasteiger partial charge in [0.15, 0.2) is 0 Å². The maximum atomic E-state index is 11.5. The van der Waals surface area contributed by atoms with Gasteiger partial charge in [0.05, 0.1) is 12.3 Å². The Morgan fingerprint density at radius 2 is 2.14 bits per heavy atom. The van der Waals surface area contributed by atoms with Gasteiger partial charge in [-0.05, 0) is 19.1 Å². The van der Waals surface area contributed by atoms with Gasteiger partial charge in [0.1, 0.15) is 0 Å². The number of benzene rings is 1. The molecule has 0 fully saturated rings. The molecule has 1 aromatic carbocycles. The highest BCUT2D eigenvalue weighted by atomic mass is 16.5. The van der Waals surface area contributed by atoms with Gasteiger partial charge in [0.2, 0.25) is 11.9 Å². The molecule has 7 heteroatoms. The fraction of sp³-hybridized carbons (Fsp3) is 0.214. The predicted octanol–water partition coefficient (Wildman–Crippen LogP) is 1.28. The van der Waals surface area contributed by atoms with Crippen LogP contribution >= 0.6 is 0 Å². The Labute approximate surface area is 121 Å². The monoisotopic (exact) mass is 287 g/mol. The van der Waals surface area contributed by atoms with Gasteiger partial charge < -0.3 is 15.8 Å². The second-order valence-electron chi connectivity index (χ2n) is 4.48. The van der Waals surface area contributed by atoms with Crippen LogP contribution < -0.4 is 16.6 Å². The molecule has 21 heavy (non-hydrogen) atoms. The van der Waals surface area contributed by atoms with Gasteiger partial charge in [-0.15, -0.1) is 0 Å². The average Bonchev–Trinajstić information content (AvgIpc) is 2.41. The van der Waals surface area contributed by atoms with E-state index >= 15 is 0 Å². The number of hydrogen-bond acceptors (Lipinski definition) is 4. The number of aryl methyl sites for hydroxylation is 1. The zero-order valence-corrected chi connectivity index (χ0v) is 11.9. The topological polar surface area (TPSA) is 105 Å². The van der Waals surface area contributed by atoms with Crippen LogP contribution in [0.2, 0.25) is 0 Å². The molecule has 0 spiro atoms. The van der Waals surface area contributed by atoms with Gasteiger partial charge >= 0.3 is 0 Å². The van der Waals surface area contributed by atoms with Crippen molar-refractivity contribution in [1.82, 2.24) is 9.97 Å². The summed E-state index contributed by atoms with van der Waals surface area (Å²) in [6, 6.07) is 9.03. The molecule has 0 aliphatic rings. The molecule has 4 N–H and O–H groups in total. The average molecular weight is 287 g/mol. The van der Waals surface area contributed by atoms with Crippen LogP contribution in [0.1, 0.15) is 11.3 Å². The van der Waals surface area contributed by atoms with Crippen molar-refractivity contribution in [3.8, 4) is 0 Å². The van der Waals surface area contributed by atoms with Crippen LogP contribution in [0.5, 0.6) is 0 Å². The summed E-state index contributed by atoms with van der Waals surface area (Å²) in [4.78, 5) is 22.2. The van der Waals surface area contributed by atoms with Crippen LogP contribution in [0, 0.1) is 6.92 Å². The zero-order valence-electron chi connectivity index (χ0n) is 11.9. The van der Waals surface area contributed by atoms with Gasteiger partial charge in [0.25, 0.3) is 5.56 Å². The third-order valence-electron chi connectivity index (χ3n) is 2.62. The van der Waals surface area contributed by atoms with Crippen molar-refractivity contribution in [2.75, 3.05) is 12.4 Å². The lowest BCUT2D eigenvalue weighted by Crippen LogP contribution is -2.22. The fourth-order valence-corrected chi connectivity index (χ4v) is 1.70. The van der Waals surface area contributed by atoms with Gasteiger partial charge in [-0.1, -0.05) is 17.7 Å². The molecule has 0 saturated heterocycles. The second-order valence-corrected chi connectivity index (χ2v) is 4.48. The normalized spacial score (nSPS) is 11.4. The Morgan fingerprint density at radius 3 is 2.81 bits per heavy atom. The smallest absolute Gasteiger partial charge is 0.252 e. The van der Waals surface area contributed by atoms with Crippen molar-refractivity contribution < 1.29 is 4.74 Å². The molecule has 2 rings (SSSR count). The Morgan fingerprint density at radius 1 is 1.43 bits per heavy atom. The Balaban J connectivity index is 2.18. The van der Waals surface area contributed by atoms with Crippen LogP contribution in [-0.4, -0.2) is 23.0 Å². The third-order valence-corrected chi connectivity index (χ3v) is 2.62. The van der Waals surface area contributed by atoms with E-state index in [2.05, 4.69) is 20.3 Å². The van der Waals surface area contributed by atoms with Gasteiger partial charge in [0, 0.05) is 18.9 Å². The molecule has 0 bridgehead atoms. The number of aromatic nitrogens is 2. The zero-order chi connectivity index (χ0) is 15.2. The predicted molar refractivity (Wildman–Crippen MR) is 81.7 cm³/mol. The van der Waals surface area contributed by atoms with Crippen LogP contribution in [0.4, 0.5) is 11.6 Å². The lowest BCUT2D eigenvalue weighted by Gasteiger charge is -2.06. The van der Waals surface area contributed by atoms with Crippen molar-refractivity contribution in [3.63, 3.8) is 0 Å². The van der Waals surface area contributed by atoms with Crippen LogP contribution in [0.3, 0.4) is 0 Å². The summed E-state index contributed by atoms with van der Waals surface area (Å²) in [5.41, 5.74) is 7.93. The molecule has 110 valence electrons. The number of aromatic amines is 1. The van der Waals surface area contributed by atoms with Crippen LogP contribution in [-0.2, 0) is 11.3 Å². The number of nitrogens with one attached hydrogen (secondary N) is 2. The summed E-state index contributed by atoms with van der Waals surface area (Å²) < 4.78 is 4.94. The number of guanidine groups is 1. The number of methoxy groups -OCH3 is 1. The molecule has 0 radical (unpaired) electrons. The van der Waals surface area contributed by atoms with E-state index in [1.54, 1.807) is 0 Å². The summed E-state index contributed by atoms with van der Waals surface area (Å²) in [5.74, 6) is 0.267. The third kappa shape index (κ3) is 4.43. The number of nitrogens with zero attached hydrogens (tertiary/aromatic N) is 2. The highest BCUT2D eigenvalue weighted by molar-refractivity contribution is 5.93. The first-order valence-corrected chi connectivity index (χ1v) is 6.34. The molecular formula is C14H17N5O2. The molecular weight excluding hydrogens is 270 g/mol. The minimum absolute atomic E-state index is 0.131. The minimum atomic E-state index is -0.307. The standard InChI is InChI=1S/C14H17N5O2/c1-9-3-5-10(6-4-9)16-13(15)19-14-17-11(8-21-2)7-12(20)18-14/h3-7H,8H2,1-2H3,(H4,15,16,17,18,19,20). The second kappa shape index (κ2) is 6.67. The summed E-state index contributed by atoms with van der Waals surface area (Å²) in [5, 5.41) is 2.92. The first-order chi connectivity index (χ1) is 10.1. The van der Waals surface area contributed by atoms with Crippen molar-refractivity contribution in [3.05, 3.63) is 51.9 Å². The molecule has 0 amide bonds. The first-order valence-electron chi connectivity index (χ1n) is 6.34. The largest absolute Gasteiger partial charge is 0.378 e. The number of H-pyrrole nitrogens is 1. The molecule has 0 aliphatic carbocycles. The molecule has 7 nitrogen and oxygen atoms in total. The molecule has 0 saturated carbocycles. The summed E-state index contributed by atoms with van der Waals surface area (Å²) in [6.07, 6.45) is 0. The van der Waals surface area contributed by atoms with E-state index in [4.69, 9.17) is 10.5 Å². The lowest BCUT2D eigenvalue weighted by atomic mass is 10.2. The fourth-order valence-electron chi connectivity index (χ4n) is 1.70. The summed E-state index contributed by atoms with van der Waals surface area (Å²) in [7, 11) is 1.53.